The van der Waals surface area contributed by atoms with Crippen molar-refractivity contribution in [1.29, 1.82) is 0 Å². The van der Waals surface area contributed by atoms with Crippen LogP contribution in [-0.2, 0) is 16.0 Å². The van der Waals surface area contributed by atoms with Gasteiger partial charge in [0.1, 0.15) is 0 Å². The van der Waals surface area contributed by atoms with E-state index in [9.17, 15) is 9.59 Å². The molecule has 4 nitrogen and oxygen atoms in total. The minimum Gasteiger partial charge on any atom is -0.273 e. The lowest BCUT2D eigenvalue weighted by molar-refractivity contribution is -0.126. The Hall–Kier alpha value is -2.88. The summed E-state index contributed by atoms with van der Waals surface area (Å²) < 4.78 is 0. The van der Waals surface area contributed by atoms with Crippen molar-refractivity contribution in [3.8, 4) is 0 Å². The van der Waals surface area contributed by atoms with Crippen LogP contribution in [0.4, 0.5) is 0 Å². The molecule has 4 heteroatoms. The Morgan fingerprint density at radius 3 is 2.18 bits per heavy atom. The number of carbonyl (C=O) groups excluding carboxylic acids is 2. The lowest BCUT2D eigenvalue weighted by Crippen LogP contribution is -2.40. The monoisotopic (exact) mass is 294 g/mol. The third-order valence-electron chi connectivity index (χ3n) is 3.04. The molecular weight excluding hydrogens is 276 g/mol. The van der Waals surface area contributed by atoms with Gasteiger partial charge < -0.3 is 0 Å². The molecule has 0 aliphatic carbocycles. The largest absolute Gasteiger partial charge is 0.273 e. The van der Waals surface area contributed by atoms with Gasteiger partial charge in [0.2, 0.25) is 5.91 Å². The summed E-state index contributed by atoms with van der Waals surface area (Å²) in [6.07, 6.45) is 4.04. The molecule has 0 fully saturated rings. The molecule has 0 heterocycles. The Morgan fingerprint density at radius 1 is 0.864 bits per heavy atom. The van der Waals surface area contributed by atoms with Crippen molar-refractivity contribution in [2.75, 3.05) is 0 Å². The lowest BCUT2D eigenvalue weighted by Gasteiger charge is -2.05. The average Bonchev–Trinajstić information content (AvgIpc) is 2.58. The molecular formula is C18H18N2O2. The van der Waals surface area contributed by atoms with Crippen LogP contribution in [0, 0.1) is 0 Å². The zero-order valence-corrected chi connectivity index (χ0v) is 12.2. The zero-order valence-electron chi connectivity index (χ0n) is 12.2. The van der Waals surface area contributed by atoms with E-state index in [1.807, 2.05) is 60.7 Å². The molecule has 0 aromatic heterocycles. The summed E-state index contributed by atoms with van der Waals surface area (Å²) in [5.74, 6) is -0.581. The number of benzene rings is 2. The first-order valence-corrected chi connectivity index (χ1v) is 7.10. The number of nitrogens with one attached hydrogen (secondary N) is 2. The molecule has 0 saturated heterocycles. The topological polar surface area (TPSA) is 58.2 Å². The van der Waals surface area contributed by atoms with Crippen molar-refractivity contribution in [3.05, 3.63) is 77.9 Å². The first-order chi connectivity index (χ1) is 10.7. The molecule has 0 spiro atoms. The van der Waals surface area contributed by atoms with Crippen molar-refractivity contribution in [2.45, 2.75) is 12.8 Å². The maximum absolute atomic E-state index is 11.6. The van der Waals surface area contributed by atoms with E-state index in [4.69, 9.17) is 0 Å². The van der Waals surface area contributed by atoms with Gasteiger partial charge in [-0.1, -0.05) is 60.7 Å². The minimum atomic E-state index is -0.364. The summed E-state index contributed by atoms with van der Waals surface area (Å²) in [7, 11) is 0. The van der Waals surface area contributed by atoms with Crippen LogP contribution in [0.1, 0.15) is 17.5 Å². The van der Waals surface area contributed by atoms with E-state index in [1.165, 1.54) is 6.08 Å². The first-order valence-electron chi connectivity index (χ1n) is 7.10. The molecule has 0 saturated carbocycles. The summed E-state index contributed by atoms with van der Waals surface area (Å²) in [5.41, 5.74) is 6.78. The van der Waals surface area contributed by atoms with Gasteiger partial charge in [-0.3, -0.25) is 20.4 Å². The van der Waals surface area contributed by atoms with E-state index >= 15 is 0 Å². The van der Waals surface area contributed by atoms with Gasteiger partial charge in [-0.05, 0) is 23.6 Å². The summed E-state index contributed by atoms with van der Waals surface area (Å²) in [6, 6.07) is 19.2. The van der Waals surface area contributed by atoms with Crippen molar-refractivity contribution in [3.63, 3.8) is 0 Å². The van der Waals surface area contributed by atoms with Crippen LogP contribution in [0.25, 0.3) is 6.08 Å². The van der Waals surface area contributed by atoms with E-state index in [2.05, 4.69) is 10.9 Å². The molecule has 2 aromatic carbocycles. The fourth-order valence-electron chi connectivity index (χ4n) is 1.87. The summed E-state index contributed by atoms with van der Waals surface area (Å²) in [4.78, 5) is 23.2. The van der Waals surface area contributed by atoms with Crippen LogP contribution in [0.2, 0.25) is 0 Å². The molecule has 2 N–H and O–H groups in total. The fourth-order valence-corrected chi connectivity index (χ4v) is 1.87. The second-order valence-corrected chi connectivity index (χ2v) is 4.77. The van der Waals surface area contributed by atoms with Gasteiger partial charge in [-0.2, -0.15) is 0 Å². The predicted molar refractivity (Wildman–Crippen MR) is 86.5 cm³/mol. The molecule has 22 heavy (non-hydrogen) atoms. The summed E-state index contributed by atoms with van der Waals surface area (Å²) >= 11 is 0. The van der Waals surface area contributed by atoms with E-state index in [-0.39, 0.29) is 11.8 Å². The van der Waals surface area contributed by atoms with E-state index in [0.29, 0.717) is 12.8 Å². The third kappa shape index (κ3) is 5.63. The van der Waals surface area contributed by atoms with Gasteiger partial charge in [0.25, 0.3) is 5.91 Å². The maximum Gasteiger partial charge on any atom is 0.262 e. The Labute approximate surface area is 129 Å². The van der Waals surface area contributed by atoms with Crippen LogP contribution >= 0.6 is 0 Å². The lowest BCUT2D eigenvalue weighted by atomic mass is 10.1. The number of amides is 2. The summed E-state index contributed by atoms with van der Waals surface area (Å²) in [6.45, 7) is 0. The highest BCUT2D eigenvalue weighted by Crippen LogP contribution is 2.02. The van der Waals surface area contributed by atoms with Gasteiger partial charge in [0.15, 0.2) is 0 Å². The highest BCUT2D eigenvalue weighted by Gasteiger charge is 2.02. The van der Waals surface area contributed by atoms with Crippen LogP contribution in [0.5, 0.6) is 0 Å². The van der Waals surface area contributed by atoms with Crippen LogP contribution < -0.4 is 10.9 Å². The quantitative estimate of drug-likeness (QED) is 0.657. The molecule has 2 rings (SSSR count). The Kier molecular flexibility index (Phi) is 5.93. The maximum atomic E-state index is 11.6. The van der Waals surface area contributed by atoms with E-state index in [1.54, 1.807) is 6.08 Å². The van der Waals surface area contributed by atoms with Crippen molar-refractivity contribution in [1.82, 2.24) is 10.9 Å². The van der Waals surface area contributed by atoms with E-state index in [0.717, 1.165) is 11.1 Å². The number of aryl methyl sites for hydroxylation is 1. The van der Waals surface area contributed by atoms with Gasteiger partial charge in [0.05, 0.1) is 0 Å². The molecule has 2 amide bonds. The molecule has 0 bridgehead atoms. The van der Waals surface area contributed by atoms with Gasteiger partial charge in [-0.25, -0.2) is 0 Å². The fraction of sp³-hybridized carbons (Fsp3) is 0.111. The number of rotatable bonds is 5. The van der Waals surface area contributed by atoms with Gasteiger partial charge in [-0.15, -0.1) is 0 Å². The summed E-state index contributed by atoms with van der Waals surface area (Å²) in [5, 5.41) is 0. The average molecular weight is 294 g/mol. The SMILES string of the molecule is O=C(/C=C/c1ccccc1)NNC(=O)CCc1ccccc1. The standard InChI is InChI=1S/C18H18N2O2/c21-17(13-11-15-7-3-1-4-8-15)19-20-18(22)14-12-16-9-5-2-6-10-16/h1-11,13H,12,14H2,(H,19,21)(H,20,22)/b13-11+. The number of hydrogen-bond donors (Lipinski definition) is 2. The van der Waals surface area contributed by atoms with Crippen molar-refractivity contribution < 1.29 is 9.59 Å². The second kappa shape index (κ2) is 8.42. The first kappa shape index (κ1) is 15.5. The third-order valence-corrected chi connectivity index (χ3v) is 3.04. The van der Waals surface area contributed by atoms with Crippen LogP contribution in [0.3, 0.4) is 0 Å². The molecule has 0 radical (unpaired) electrons. The van der Waals surface area contributed by atoms with Crippen LogP contribution in [0.15, 0.2) is 66.7 Å². The van der Waals surface area contributed by atoms with Gasteiger partial charge >= 0.3 is 0 Å². The predicted octanol–water partition coefficient (Wildman–Crippen LogP) is 2.48. The molecule has 0 atom stereocenters. The normalized spacial score (nSPS) is 10.4. The van der Waals surface area contributed by atoms with Crippen LogP contribution in [-0.4, -0.2) is 11.8 Å². The number of carbonyl (C=O) groups is 2. The molecule has 2 aromatic rings. The highest BCUT2D eigenvalue weighted by molar-refractivity contribution is 5.93. The Balaban J connectivity index is 1.69. The van der Waals surface area contributed by atoms with E-state index < -0.39 is 0 Å². The minimum absolute atomic E-state index is 0.217. The molecule has 112 valence electrons. The molecule has 0 aliphatic rings. The molecule has 0 aliphatic heterocycles. The molecule has 0 unspecified atom stereocenters. The zero-order chi connectivity index (χ0) is 15.6. The second-order valence-electron chi connectivity index (χ2n) is 4.77. The highest BCUT2D eigenvalue weighted by atomic mass is 16.2. The van der Waals surface area contributed by atoms with Crippen molar-refractivity contribution in [2.24, 2.45) is 0 Å². The number of hydrogen-bond acceptors (Lipinski definition) is 2. The number of hydrazine groups is 1. The Bertz CT molecular complexity index is 637. The smallest absolute Gasteiger partial charge is 0.262 e. The van der Waals surface area contributed by atoms with Crippen molar-refractivity contribution >= 4 is 17.9 Å². The Morgan fingerprint density at radius 2 is 1.50 bits per heavy atom. The van der Waals surface area contributed by atoms with Gasteiger partial charge in [0, 0.05) is 12.5 Å².